The zero-order chi connectivity index (χ0) is 17.2. The second-order valence-corrected chi connectivity index (χ2v) is 6.73. The molecule has 1 heterocycles. The van der Waals surface area contributed by atoms with Crippen LogP contribution in [0.5, 0.6) is 0 Å². The van der Waals surface area contributed by atoms with Crippen LogP contribution in [0.1, 0.15) is 40.2 Å². The van der Waals surface area contributed by atoms with Gasteiger partial charge in [-0.1, -0.05) is 6.07 Å². The summed E-state index contributed by atoms with van der Waals surface area (Å²) in [5.41, 5.74) is 0.989. The first kappa shape index (κ1) is 17.3. The van der Waals surface area contributed by atoms with Gasteiger partial charge in [-0.3, -0.25) is 0 Å². The first-order valence-electron chi connectivity index (χ1n) is 7.86. The van der Waals surface area contributed by atoms with E-state index in [0.717, 1.165) is 11.8 Å². The minimum Gasteiger partial charge on any atom is -0.461 e. The van der Waals surface area contributed by atoms with Crippen LogP contribution in [-0.4, -0.2) is 29.2 Å². The Balaban J connectivity index is 2.11. The molecule has 0 bridgehead atoms. The van der Waals surface area contributed by atoms with Crippen LogP contribution in [0.4, 0.5) is 9.18 Å². The summed E-state index contributed by atoms with van der Waals surface area (Å²) < 4.78 is 24.1. The Bertz CT molecular complexity index is 687. The van der Waals surface area contributed by atoms with E-state index in [9.17, 15) is 9.18 Å². The Morgan fingerprint density at radius 2 is 2.09 bits per heavy atom. The summed E-state index contributed by atoms with van der Waals surface area (Å²) in [5.74, 6) is -0.358. The zero-order valence-electron chi connectivity index (χ0n) is 14.4. The molecular formula is C18H24FNO3. The average molecular weight is 321 g/mol. The van der Waals surface area contributed by atoms with E-state index >= 15 is 0 Å². The topological polar surface area (TPSA) is 42.7 Å². The largest absolute Gasteiger partial charge is 0.461 e. The zero-order valence-corrected chi connectivity index (χ0v) is 14.4. The minimum atomic E-state index is -0.519. The Kier molecular flexibility index (Phi) is 4.97. The molecule has 1 aromatic heterocycles. The summed E-state index contributed by atoms with van der Waals surface area (Å²) in [5, 5.41) is 0.473. The van der Waals surface area contributed by atoms with Gasteiger partial charge in [0.1, 0.15) is 17.4 Å². The van der Waals surface area contributed by atoms with E-state index < -0.39 is 5.60 Å². The van der Waals surface area contributed by atoms with E-state index in [1.807, 2.05) is 46.8 Å². The maximum absolute atomic E-state index is 13.4. The molecule has 126 valence electrons. The quantitative estimate of drug-likeness (QED) is 0.815. The number of benzene rings is 1. The van der Waals surface area contributed by atoms with E-state index in [-0.39, 0.29) is 18.0 Å². The number of carbonyl (C=O) groups excluding carboxylic acids is 1. The summed E-state index contributed by atoms with van der Waals surface area (Å²) in [6.07, 6.45) is 1.43. The van der Waals surface area contributed by atoms with Crippen LogP contribution in [-0.2, 0) is 11.2 Å². The average Bonchev–Trinajstić information content (AvgIpc) is 2.78. The van der Waals surface area contributed by atoms with Gasteiger partial charge >= 0.3 is 6.09 Å². The number of carbonyl (C=O) groups is 1. The fourth-order valence-corrected chi connectivity index (χ4v) is 2.56. The molecule has 0 saturated carbocycles. The lowest BCUT2D eigenvalue weighted by Gasteiger charge is -2.31. The van der Waals surface area contributed by atoms with Gasteiger partial charge in [-0.25, -0.2) is 9.18 Å². The van der Waals surface area contributed by atoms with Crippen molar-refractivity contribution in [3.8, 4) is 0 Å². The van der Waals surface area contributed by atoms with Crippen LogP contribution in [0.25, 0.3) is 11.0 Å². The normalized spacial score (nSPS) is 13.1. The SMILES string of the molecule is CCN(C(=O)OC(C)(C)C)C(C)Cc1ccc2c(F)coc2c1. The monoisotopic (exact) mass is 321 g/mol. The lowest BCUT2D eigenvalue weighted by molar-refractivity contribution is 0.0189. The Morgan fingerprint density at radius 1 is 1.39 bits per heavy atom. The molecule has 4 nitrogen and oxygen atoms in total. The number of hydrogen-bond acceptors (Lipinski definition) is 3. The van der Waals surface area contributed by atoms with Crippen molar-refractivity contribution in [1.29, 1.82) is 0 Å². The van der Waals surface area contributed by atoms with Crippen LogP contribution < -0.4 is 0 Å². The van der Waals surface area contributed by atoms with Gasteiger partial charge in [-0.05, 0) is 58.7 Å². The van der Waals surface area contributed by atoms with Crippen LogP contribution in [0.15, 0.2) is 28.9 Å². The van der Waals surface area contributed by atoms with Crippen LogP contribution in [0.2, 0.25) is 0 Å². The van der Waals surface area contributed by atoms with Crippen molar-refractivity contribution in [1.82, 2.24) is 4.90 Å². The van der Waals surface area contributed by atoms with Crippen LogP contribution >= 0.6 is 0 Å². The van der Waals surface area contributed by atoms with Gasteiger partial charge in [-0.2, -0.15) is 0 Å². The molecular weight excluding hydrogens is 297 g/mol. The molecule has 0 radical (unpaired) electrons. The van der Waals surface area contributed by atoms with Crippen LogP contribution in [0.3, 0.4) is 0 Å². The van der Waals surface area contributed by atoms with Gasteiger partial charge in [0, 0.05) is 12.6 Å². The standard InChI is InChI=1S/C18H24FNO3/c1-6-20(17(21)23-18(3,4)5)12(2)9-13-7-8-14-15(19)11-22-16(14)10-13/h7-8,10-12H,6,9H2,1-5H3. The van der Waals surface area contributed by atoms with Gasteiger partial charge in [0.2, 0.25) is 0 Å². The van der Waals surface area contributed by atoms with E-state index in [1.54, 1.807) is 11.0 Å². The molecule has 0 spiro atoms. The Morgan fingerprint density at radius 3 is 2.70 bits per heavy atom. The third-order valence-electron chi connectivity index (χ3n) is 3.62. The molecule has 0 fully saturated rings. The highest BCUT2D eigenvalue weighted by molar-refractivity contribution is 5.78. The fraction of sp³-hybridized carbons (Fsp3) is 0.500. The molecule has 1 amide bonds. The molecule has 0 aliphatic carbocycles. The number of likely N-dealkylation sites (N-methyl/N-ethyl adjacent to an activating group) is 1. The maximum atomic E-state index is 13.4. The molecule has 0 aliphatic rings. The molecule has 1 aromatic carbocycles. The van der Waals surface area contributed by atoms with Gasteiger partial charge in [-0.15, -0.1) is 0 Å². The van der Waals surface area contributed by atoms with Gasteiger partial charge < -0.3 is 14.1 Å². The number of fused-ring (bicyclic) bond motifs is 1. The first-order valence-corrected chi connectivity index (χ1v) is 7.86. The first-order chi connectivity index (χ1) is 10.7. The van der Waals surface area contributed by atoms with E-state index in [2.05, 4.69) is 0 Å². The molecule has 1 unspecified atom stereocenters. The van der Waals surface area contributed by atoms with Crippen molar-refractivity contribution in [2.45, 2.75) is 52.7 Å². The number of rotatable bonds is 4. The molecule has 5 heteroatoms. The third kappa shape index (κ3) is 4.24. The number of ether oxygens (including phenoxy) is 1. The third-order valence-corrected chi connectivity index (χ3v) is 3.62. The smallest absolute Gasteiger partial charge is 0.410 e. The highest BCUT2D eigenvalue weighted by Crippen LogP contribution is 2.22. The summed E-state index contributed by atoms with van der Waals surface area (Å²) in [6, 6.07) is 5.35. The van der Waals surface area contributed by atoms with E-state index in [1.165, 1.54) is 0 Å². The number of nitrogens with zero attached hydrogens (tertiary/aromatic N) is 1. The van der Waals surface area contributed by atoms with Gasteiger partial charge in [0.15, 0.2) is 5.82 Å². The highest BCUT2D eigenvalue weighted by atomic mass is 19.1. The molecule has 2 rings (SSSR count). The second-order valence-electron chi connectivity index (χ2n) is 6.73. The summed E-state index contributed by atoms with van der Waals surface area (Å²) in [4.78, 5) is 14.0. The van der Waals surface area contributed by atoms with Crippen molar-refractivity contribution in [3.63, 3.8) is 0 Å². The van der Waals surface area contributed by atoms with E-state index in [0.29, 0.717) is 23.9 Å². The van der Waals surface area contributed by atoms with Gasteiger partial charge in [0.25, 0.3) is 0 Å². The highest BCUT2D eigenvalue weighted by Gasteiger charge is 2.25. The van der Waals surface area contributed by atoms with Gasteiger partial charge in [0.05, 0.1) is 5.39 Å². The van der Waals surface area contributed by atoms with Crippen molar-refractivity contribution in [3.05, 3.63) is 35.8 Å². The van der Waals surface area contributed by atoms with Crippen molar-refractivity contribution in [2.75, 3.05) is 6.54 Å². The van der Waals surface area contributed by atoms with Crippen molar-refractivity contribution >= 4 is 17.1 Å². The maximum Gasteiger partial charge on any atom is 0.410 e. The molecule has 0 N–H and O–H groups in total. The summed E-state index contributed by atoms with van der Waals surface area (Å²) in [7, 11) is 0. The Hall–Kier alpha value is -2.04. The molecule has 0 aliphatic heterocycles. The lowest BCUT2D eigenvalue weighted by Crippen LogP contribution is -2.42. The van der Waals surface area contributed by atoms with Crippen molar-refractivity contribution < 1.29 is 18.3 Å². The number of halogens is 1. The van der Waals surface area contributed by atoms with Crippen molar-refractivity contribution in [2.24, 2.45) is 0 Å². The molecule has 0 saturated heterocycles. The molecule has 23 heavy (non-hydrogen) atoms. The molecule has 1 atom stereocenters. The lowest BCUT2D eigenvalue weighted by atomic mass is 10.0. The Labute approximate surface area is 136 Å². The fourth-order valence-electron chi connectivity index (χ4n) is 2.56. The molecule has 2 aromatic rings. The summed E-state index contributed by atoms with van der Waals surface area (Å²) >= 11 is 0. The van der Waals surface area contributed by atoms with Crippen LogP contribution in [0, 0.1) is 5.82 Å². The predicted octanol–water partition coefficient (Wildman–Crippen LogP) is 4.76. The second kappa shape index (κ2) is 6.60. The van der Waals surface area contributed by atoms with E-state index in [4.69, 9.17) is 9.15 Å². The predicted molar refractivity (Wildman–Crippen MR) is 88.0 cm³/mol. The number of hydrogen-bond donors (Lipinski definition) is 0. The summed E-state index contributed by atoms with van der Waals surface area (Å²) in [6.45, 7) is 10.0. The number of furan rings is 1. The number of amides is 1. The minimum absolute atomic E-state index is 0.0351.